The quantitative estimate of drug-likeness (QED) is 0.397. The van der Waals surface area contributed by atoms with Crippen molar-refractivity contribution in [2.45, 2.75) is 45.6 Å². The molecule has 1 saturated heterocycles. The molecule has 1 aromatic carbocycles. The van der Waals surface area contributed by atoms with Crippen LogP contribution in [0.5, 0.6) is 11.5 Å². The number of rotatable bonds is 7. The van der Waals surface area contributed by atoms with Crippen molar-refractivity contribution in [2.24, 2.45) is 0 Å². The molecule has 9 nitrogen and oxygen atoms in total. The molecule has 0 radical (unpaired) electrons. The Bertz CT molecular complexity index is 727. The van der Waals surface area contributed by atoms with Gasteiger partial charge >= 0.3 is 5.97 Å². The van der Waals surface area contributed by atoms with Gasteiger partial charge in [0.15, 0.2) is 17.6 Å². The molecule has 1 aromatic rings. The zero-order chi connectivity index (χ0) is 20.7. The predicted octanol–water partition coefficient (Wildman–Crippen LogP) is 2.95. The molecule has 0 spiro atoms. The second-order valence-electron chi connectivity index (χ2n) is 6.50. The average Bonchev–Trinajstić information content (AvgIpc) is 2.96. The van der Waals surface area contributed by atoms with Gasteiger partial charge in [-0.25, -0.2) is 4.79 Å². The van der Waals surface area contributed by atoms with Crippen LogP contribution < -0.4 is 9.47 Å². The number of nitro benzene ring substituents is 1. The van der Waals surface area contributed by atoms with Gasteiger partial charge in [-0.3, -0.25) is 14.9 Å². The van der Waals surface area contributed by atoms with Gasteiger partial charge in [0.25, 0.3) is 11.6 Å². The number of nitro groups is 1. The van der Waals surface area contributed by atoms with Crippen molar-refractivity contribution in [3.05, 3.63) is 27.8 Å². The third-order valence-corrected chi connectivity index (χ3v) is 4.55. The minimum atomic E-state index is -1.04. The predicted molar refractivity (Wildman–Crippen MR) is 101 cm³/mol. The Morgan fingerprint density at radius 3 is 2.36 bits per heavy atom. The molecule has 1 aliphatic rings. The fourth-order valence-corrected chi connectivity index (χ4v) is 3.11. The Hall–Kier alpha value is -2.84. The Labute approximate surface area is 163 Å². The van der Waals surface area contributed by atoms with Crippen molar-refractivity contribution in [2.75, 3.05) is 26.8 Å². The highest BCUT2D eigenvalue weighted by molar-refractivity contribution is 5.96. The van der Waals surface area contributed by atoms with Crippen LogP contribution in [-0.4, -0.2) is 54.6 Å². The van der Waals surface area contributed by atoms with E-state index in [1.54, 1.807) is 11.8 Å². The Morgan fingerprint density at radius 1 is 1.18 bits per heavy atom. The Morgan fingerprint density at radius 2 is 1.82 bits per heavy atom. The molecule has 28 heavy (non-hydrogen) atoms. The van der Waals surface area contributed by atoms with Gasteiger partial charge in [0, 0.05) is 19.2 Å². The van der Waals surface area contributed by atoms with Gasteiger partial charge in [-0.15, -0.1) is 0 Å². The van der Waals surface area contributed by atoms with E-state index < -0.39 is 22.7 Å². The minimum absolute atomic E-state index is 0.155. The number of esters is 1. The molecule has 1 amide bonds. The van der Waals surface area contributed by atoms with Crippen LogP contribution in [0, 0.1) is 10.1 Å². The first-order valence-corrected chi connectivity index (χ1v) is 9.38. The lowest BCUT2D eigenvalue weighted by molar-refractivity contribution is -0.385. The smallest absolute Gasteiger partial charge is 0.346 e. The maximum absolute atomic E-state index is 12.6. The summed E-state index contributed by atoms with van der Waals surface area (Å²) in [5.74, 6) is -0.924. The fourth-order valence-electron chi connectivity index (χ4n) is 3.11. The van der Waals surface area contributed by atoms with E-state index in [-0.39, 0.29) is 29.6 Å². The number of likely N-dealkylation sites (tertiary alicyclic amines) is 1. The average molecular weight is 394 g/mol. The van der Waals surface area contributed by atoms with Gasteiger partial charge in [-0.1, -0.05) is 12.8 Å². The normalized spacial score (nSPS) is 15.3. The molecule has 9 heteroatoms. The van der Waals surface area contributed by atoms with Crippen molar-refractivity contribution in [1.29, 1.82) is 0 Å². The zero-order valence-electron chi connectivity index (χ0n) is 16.4. The van der Waals surface area contributed by atoms with Crippen LogP contribution in [-0.2, 0) is 9.53 Å². The molecule has 0 aromatic heterocycles. The van der Waals surface area contributed by atoms with E-state index in [0.717, 1.165) is 31.7 Å². The molecular formula is C19H26N2O7. The number of ether oxygens (including phenoxy) is 3. The van der Waals surface area contributed by atoms with Crippen LogP contribution in [0.3, 0.4) is 0 Å². The maximum atomic E-state index is 12.6. The van der Waals surface area contributed by atoms with Crippen molar-refractivity contribution in [3.63, 3.8) is 0 Å². The van der Waals surface area contributed by atoms with E-state index in [9.17, 15) is 19.7 Å². The molecule has 0 bridgehead atoms. The molecule has 0 N–H and O–H groups in total. The van der Waals surface area contributed by atoms with E-state index in [4.69, 9.17) is 14.2 Å². The summed E-state index contributed by atoms with van der Waals surface area (Å²) in [6.07, 6.45) is 2.91. The Kier molecular flexibility index (Phi) is 7.60. The maximum Gasteiger partial charge on any atom is 0.346 e. The molecule has 154 valence electrons. The molecule has 0 aliphatic carbocycles. The zero-order valence-corrected chi connectivity index (χ0v) is 16.4. The summed E-state index contributed by atoms with van der Waals surface area (Å²) < 4.78 is 15.7. The lowest BCUT2D eigenvalue weighted by atomic mass is 10.1. The molecule has 2 rings (SSSR count). The van der Waals surface area contributed by atoms with Gasteiger partial charge in [0.1, 0.15) is 5.56 Å². The summed E-state index contributed by atoms with van der Waals surface area (Å²) in [7, 11) is 1.37. The van der Waals surface area contributed by atoms with E-state index in [2.05, 4.69) is 0 Å². The highest BCUT2D eigenvalue weighted by Gasteiger charge is 2.30. The summed E-state index contributed by atoms with van der Waals surface area (Å²) in [5.41, 5.74) is -0.760. The molecular weight excluding hydrogens is 368 g/mol. The van der Waals surface area contributed by atoms with Crippen LogP contribution in [0.2, 0.25) is 0 Å². The highest BCUT2D eigenvalue weighted by Crippen LogP contribution is 2.35. The van der Waals surface area contributed by atoms with Gasteiger partial charge in [-0.05, 0) is 26.7 Å². The number of carbonyl (C=O) groups excluding carboxylic acids is 2. The molecule has 1 unspecified atom stereocenters. The van der Waals surface area contributed by atoms with Crippen molar-refractivity contribution in [1.82, 2.24) is 4.90 Å². The summed E-state index contributed by atoms with van der Waals surface area (Å²) in [4.78, 5) is 37.5. The molecule has 1 fully saturated rings. The standard InChI is InChI=1S/C19H26N2O7/c1-4-27-17-12-15(21(24)25)14(11-16(17)26-3)19(23)28-13(2)18(22)20-9-7-5-6-8-10-20/h11-13H,4-10H2,1-3H3. The van der Waals surface area contributed by atoms with Crippen LogP contribution in [0.4, 0.5) is 5.69 Å². The number of methoxy groups -OCH3 is 1. The topological polar surface area (TPSA) is 108 Å². The van der Waals surface area contributed by atoms with Gasteiger partial charge in [0.2, 0.25) is 0 Å². The minimum Gasteiger partial charge on any atom is -0.493 e. The Balaban J connectivity index is 2.22. The van der Waals surface area contributed by atoms with E-state index in [1.165, 1.54) is 20.1 Å². The van der Waals surface area contributed by atoms with Gasteiger partial charge in [0.05, 0.1) is 24.7 Å². The van der Waals surface area contributed by atoms with Crippen LogP contribution in [0.1, 0.15) is 49.9 Å². The summed E-state index contributed by atoms with van der Waals surface area (Å²) in [6.45, 7) is 4.72. The first-order valence-electron chi connectivity index (χ1n) is 9.38. The van der Waals surface area contributed by atoms with Crippen LogP contribution >= 0.6 is 0 Å². The lowest BCUT2D eigenvalue weighted by Gasteiger charge is -2.24. The fraction of sp³-hybridized carbons (Fsp3) is 0.579. The van der Waals surface area contributed by atoms with Gasteiger partial charge < -0.3 is 19.1 Å². The SMILES string of the molecule is CCOc1cc([N+](=O)[O-])c(C(=O)OC(C)C(=O)N2CCCCCC2)cc1OC. The number of hydrogen-bond acceptors (Lipinski definition) is 7. The lowest BCUT2D eigenvalue weighted by Crippen LogP contribution is -2.40. The molecule has 1 atom stereocenters. The number of benzene rings is 1. The largest absolute Gasteiger partial charge is 0.493 e. The first-order chi connectivity index (χ1) is 13.4. The number of hydrogen-bond donors (Lipinski definition) is 0. The molecule has 0 saturated carbocycles. The van der Waals surface area contributed by atoms with Crippen LogP contribution in [0.15, 0.2) is 12.1 Å². The highest BCUT2D eigenvalue weighted by atomic mass is 16.6. The van der Waals surface area contributed by atoms with Gasteiger partial charge in [-0.2, -0.15) is 0 Å². The third kappa shape index (κ3) is 5.11. The van der Waals surface area contributed by atoms with Crippen molar-refractivity contribution < 1.29 is 28.7 Å². The van der Waals surface area contributed by atoms with E-state index in [1.807, 2.05) is 0 Å². The van der Waals surface area contributed by atoms with Crippen LogP contribution in [0.25, 0.3) is 0 Å². The van der Waals surface area contributed by atoms with E-state index in [0.29, 0.717) is 13.1 Å². The second-order valence-corrected chi connectivity index (χ2v) is 6.50. The second kappa shape index (κ2) is 9.91. The summed E-state index contributed by atoms with van der Waals surface area (Å²) >= 11 is 0. The number of nitrogens with zero attached hydrogens (tertiary/aromatic N) is 2. The summed E-state index contributed by atoms with van der Waals surface area (Å²) in [5, 5.41) is 11.4. The number of amides is 1. The van der Waals surface area contributed by atoms with E-state index >= 15 is 0 Å². The summed E-state index contributed by atoms with van der Waals surface area (Å²) in [6, 6.07) is 2.33. The molecule has 1 heterocycles. The first kappa shape index (κ1) is 21.5. The van der Waals surface area contributed by atoms with Crippen molar-refractivity contribution >= 4 is 17.6 Å². The molecule has 1 aliphatic heterocycles. The van der Waals surface area contributed by atoms with Crippen molar-refractivity contribution in [3.8, 4) is 11.5 Å². The monoisotopic (exact) mass is 394 g/mol. The number of carbonyl (C=O) groups is 2. The third-order valence-electron chi connectivity index (χ3n) is 4.55.